The van der Waals surface area contributed by atoms with E-state index in [0.717, 1.165) is 22.3 Å². The van der Waals surface area contributed by atoms with Gasteiger partial charge in [0, 0.05) is 27.9 Å². The first kappa shape index (κ1) is 24.2. The lowest BCUT2D eigenvalue weighted by Gasteiger charge is -2.24. The van der Waals surface area contributed by atoms with Crippen LogP contribution in [0.4, 0.5) is 0 Å². The molecule has 0 saturated heterocycles. The molecular weight excluding hydrogens is 528 g/mol. The van der Waals surface area contributed by atoms with Gasteiger partial charge < -0.3 is 8.98 Å². The molecule has 5 aromatic carbocycles. The molecule has 9 rings (SSSR count). The van der Waals surface area contributed by atoms with Gasteiger partial charge in [0.25, 0.3) is 0 Å². The minimum atomic E-state index is -0.187. The normalized spacial score (nSPS) is 13.6. The van der Waals surface area contributed by atoms with Crippen LogP contribution in [0, 0.1) is 0 Å². The van der Waals surface area contributed by atoms with E-state index in [9.17, 15) is 4.79 Å². The lowest BCUT2D eigenvalue weighted by molar-refractivity contribution is 0.660. The molecule has 0 saturated carbocycles. The fraction of sp³-hybridized carbons (Fsp3) is 0.0769. The molecule has 4 heteroatoms. The molecule has 204 valence electrons. The molecule has 0 atom stereocenters. The Hall–Kier alpha value is -5.48. The van der Waals surface area contributed by atoms with Crippen molar-refractivity contribution in [3.63, 3.8) is 0 Å². The van der Waals surface area contributed by atoms with E-state index in [2.05, 4.69) is 90.1 Å². The Labute approximate surface area is 247 Å². The number of para-hydroxylation sites is 2. The number of nitrogens with zero attached hydrogens (tertiary/aromatic N) is 2. The van der Waals surface area contributed by atoms with Gasteiger partial charge in [0.1, 0.15) is 11.2 Å². The molecule has 3 heterocycles. The number of pyridine rings is 1. The summed E-state index contributed by atoms with van der Waals surface area (Å²) in [7, 11) is 0. The van der Waals surface area contributed by atoms with E-state index in [4.69, 9.17) is 4.42 Å². The minimum absolute atomic E-state index is 0.0116. The topological polar surface area (TPSA) is 48.0 Å². The van der Waals surface area contributed by atoms with Crippen molar-refractivity contribution in [2.75, 3.05) is 0 Å². The molecule has 0 aliphatic heterocycles. The molecule has 0 unspecified atom stereocenters. The molecule has 0 bridgehead atoms. The SMILES string of the molecule is CC1(C)c2ccccc2-c2ccc3c4ccncc4n(-c4ccccc4-c4ccc5c(=O)c6ccccc6oc5c4)c3c21. The highest BCUT2D eigenvalue weighted by Crippen LogP contribution is 2.53. The van der Waals surface area contributed by atoms with Crippen LogP contribution in [0.15, 0.2) is 131 Å². The van der Waals surface area contributed by atoms with Crippen LogP contribution in [0.5, 0.6) is 0 Å². The second-order valence-corrected chi connectivity index (χ2v) is 11.9. The van der Waals surface area contributed by atoms with E-state index < -0.39 is 0 Å². The van der Waals surface area contributed by atoms with Gasteiger partial charge in [-0.05, 0) is 64.2 Å². The van der Waals surface area contributed by atoms with E-state index in [0.29, 0.717) is 21.9 Å². The second-order valence-electron chi connectivity index (χ2n) is 11.9. The Bertz CT molecular complexity index is 2510. The highest BCUT2D eigenvalue weighted by Gasteiger charge is 2.38. The molecule has 8 aromatic rings. The van der Waals surface area contributed by atoms with Gasteiger partial charge in [0.05, 0.1) is 33.7 Å². The average molecular weight is 555 g/mol. The lowest BCUT2D eigenvalue weighted by Crippen LogP contribution is -2.16. The van der Waals surface area contributed by atoms with Crippen molar-refractivity contribution in [2.24, 2.45) is 0 Å². The Morgan fingerprint density at radius 2 is 1.42 bits per heavy atom. The van der Waals surface area contributed by atoms with Crippen molar-refractivity contribution in [2.45, 2.75) is 19.3 Å². The van der Waals surface area contributed by atoms with Gasteiger partial charge in [0.15, 0.2) is 0 Å². The van der Waals surface area contributed by atoms with E-state index in [-0.39, 0.29) is 10.8 Å². The summed E-state index contributed by atoms with van der Waals surface area (Å²) in [4.78, 5) is 17.8. The molecule has 0 spiro atoms. The Kier molecular flexibility index (Phi) is 4.79. The van der Waals surface area contributed by atoms with Gasteiger partial charge in [-0.3, -0.25) is 9.78 Å². The molecule has 3 aromatic heterocycles. The van der Waals surface area contributed by atoms with E-state index in [1.54, 1.807) is 0 Å². The number of aromatic nitrogens is 2. The van der Waals surface area contributed by atoms with Crippen LogP contribution in [0.2, 0.25) is 0 Å². The molecule has 1 aliphatic rings. The Morgan fingerprint density at radius 3 is 2.33 bits per heavy atom. The maximum Gasteiger partial charge on any atom is 0.200 e. The molecular formula is C39H26N2O2. The summed E-state index contributed by atoms with van der Waals surface area (Å²) in [6.45, 7) is 4.66. The zero-order valence-electron chi connectivity index (χ0n) is 23.8. The van der Waals surface area contributed by atoms with Crippen molar-refractivity contribution in [3.05, 3.63) is 143 Å². The summed E-state index contributed by atoms with van der Waals surface area (Å²) >= 11 is 0. The molecule has 0 amide bonds. The van der Waals surface area contributed by atoms with Gasteiger partial charge >= 0.3 is 0 Å². The molecule has 43 heavy (non-hydrogen) atoms. The Balaban J connectivity index is 1.37. The predicted octanol–water partition coefficient (Wildman–Crippen LogP) is 9.41. The van der Waals surface area contributed by atoms with E-state index in [1.807, 2.05) is 54.9 Å². The molecule has 0 radical (unpaired) electrons. The summed E-state index contributed by atoms with van der Waals surface area (Å²) in [5.74, 6) is 0. The van der Waals surface area contributed by atoms with Crippen molar-refractivity contribution >= 4 is 43.7 Å². The van der Waals surface area contributed by atoms with Crippen LogP contribution in [0.3, 0.4) is 0 Å². The van der Waals surface area contributed by atoms with Crippen LogP contribution in [0.25, 0.3) is 71.7 Å². The third kappa shape index (κ3) is 3.21. The smallest absolute Gasteiger partial charge is 0.200 e. The van der Waals surface area contributed by atoms with Crippen molar-refractivity contribution in [1.29, 1.82) is 0 Å². The van der Waals surface area contributed by atoms with Gasteiger partial charge in [-0.2, -0.15) is 0 Å². The van der Waals surface area contributed by atoms with E-state index in [1.165, 1.54) is 38.5 Å². The predicted molar refractivity (Wildman–Crippen MR) is 175 cm³/mol. The first-order valence-electron chi connectivity index (χ1n) is 14.6. The van der Waals surface area contributed by atoms with Crippen LogP contribution >= 0.6 is 0 Å². The maximum absolute atomic E-state index is 13.3. The molecule has 0 N–H and O–H groups in total. The molecule has 0 fully saturated rings. The van der Waals surface area contributed by atoms with Crippen LogP contribution in [-0.2, 0) is 5.41 Å². The number of benzene rings is 5. The second kappa shape index (κ2) is 8.52. The number of fused-ring (bicyclic) bond motifs is 9. The van der Waals surface area contributed by atoms with Crippen molar-refractivity contribution in [1.82, 2.24) is 9.55 Å². The third-order valence-corrected chi connectivity index (χ3v) is 9.28. The van der Waals surface area contributed by atoms with E-state index >= 15 is 0 Å². The maximum atomic E-state index is 13.3. The summed E-state index contributed by atoms with van der Waals surface area (Å²) in [6, 6.07) is 37.3. The number of hydrogen-bond donors (Lipinski definition) is 0. The molecule has 4 nitrogen and oxygen atoms in total. The average Bonchev–Trinajstić information content (AvgIpc) is 3.50. The van der Waals surface area contributed by atoms with Gasteiger partial charge in [-0.1, -0.05) is 86.6 Å². The van der Waals surface area contributed by atoms with Crippen LogP contribution < -0.4 is 5.43 Å². The first-order chi connectivity index (χ1) is 21.0. The largest absolute Gasteiger partial charge is 0.456 e. The molecule has 1 aliphatic carbocycles. The van der Waals surface area contributed by atoms with Gasteiger partial charge in [0.2, 0.25) is 5.43 Å². The number of rotatable bonds is 2. The van der Waals surface area contributed by atoms with Gasteiger partial charge in [-0.25, -0.2) is 0 Å². The van der Waals surface area contributed by atoms with Crippen LogP contribution in [0.1, 0.15) is 25.0 Å². The lowest BCUT2D eigenvalue weighted by atomic mass is 9.81. The quantitative estimate of drug-likeness (QED) is 0.200. The summed E-state index contributed by atoms with van der Waals surface area (Å²) in [5, 5.41) is 3.56. The summed E-state index contributed by atoms with van der Waals surface area (Å²) in [6.07, 6.45) is 3.85. The summed E-state index contributed by atoms with van der Waals surface area (Å²) in [5.41, 5.74) is 11.6. The highest BCUT2D eigenvalue weighted by molar-refractivity contribution is 6.13. The van der Waals surface area contributed by atoms with Gasteiger partial charge in [-0.15, -0.1) is 0 Å². The zero-order chi connectivity index (χ0) is 28.9. The minimum Gasteiger partial charge on any atom is -0.456 e. The zero-order valence-corrected chi connectivity index (χ0v) is 23.8. The highest BCUT2D eigenvalue weighted by atomic mass is 16.3. The standard InChI is InChI=1S/C39H26N2O2/c1-39(2)31-12-6-3-10-25(31)27-17-18-28-26-19-20-40-22-33(26)41(37(28)36(27)39)32-13-7-4-9-24(32)23-15-16-30-35(21-23)43-34-14-8-5-11-29(34)38(30)42/h3-22H,1-2H3. The van der Waals surface area contributed by atoms with Crippen molar-refractivity contribution < 1.29 is 4.42 Å². The fourth-order valence-corrected chi connectivity index (χ4v) is 7.34. The first-order valence-corrected chi connectivity index (χ1v) is 14.6. The summed E-state index contributed by atoms with van der Waals surface area (Å²) < 4.78 is 8.66. The van der Waals surface area contributed by atoms with Crippen molar-refractivity contribution in [3.8, 4) is 27.9 Å². The monoisotopic (exact) mass is 554 g/mol. The third-order valence-electron chi connectivity index (χ3n) is 9.28. The fourth-order valence-electron chi connectivity index (χ4n) is 7.34. The Morgan fingerprint density at radius 1 is 0.674 bits per heavy atom. The number of hydrogen-bond acceptors (Lipinski definition) is 3. The van der Waals surface area contributed by atoms with Crippen LogP contribution in [-0.4, -0.2) is 9.55 Å².